The van der Waals surface area contributed by atoms with Crippen LogP contribution < -0.4 is 0 Å². The monoisotopic (exact) mass is 689 g/mol. The van der Waals surface area contributed by atoms with Crippen LogP contribution in [0, 0.1) is 29.5 Å². The molecule has 2 aliphatic carbocycles. The van der Waals surface area contributed by atoms with Crippen molar-refractivity contribution >= 4 is 4.21 Å². The fraction of sp³-hybridized carbons (Fsp3) is 0.439. The summed E-state index contributed by atoms with van der Waals surface area (Å²) in [7, 11) is 0. The van der Waals surface area contributed by atoms with Crippen LogP contribution in [0.1, 0.15) is 110 Å². The summed E-state index contributed by atoms with van der Waals surface area (Å²) in [6.45, 7) is 24.8. The zero-order chi connectivity index (χ0) is 34.4. The molecule has 0 bridgehead atoms. The molecule has 3 aromatic rings. The van der Waals surface area contributed by atoms with Crippen molar-refractivity contribution in [2.75, 3.05) is 0 Å². The summed E-state index contributed by atoms with van der Waals surface area (Å²) in [6.07, 6.45) is 3.75. The molecule has 5 rings (SSSR count). The fourth-order valence-corrected chi connectivity index (χ4v) is 5.34. The van der Waals surface area contributed by atoms with Crippen LogP contribution in [0.2, 0.25) is 0 Å². The third kappa shape index (κ3) is 10.9. The molecule has 0 N–H and O–H groups in total. The Morgan fingerprint density at radius 2 is 1.36 bits per heavy atom. The average molecular weight is 691 g/mol. The predicted octanol–water partition coefficient (Wildman–Crippen LogP) is 11.9. The van der Waals surface area contributed by atoms with Gasteiger partial charge in [0.05, 0.1) is 0 Å². The molecule has 0 radical (unpaired) electrons. The van der Waals surface area contributed by atoms with Crippen LogP contribution in [-0.2, 0) is 47.7 Å². The van der Waals surface area contributed by atoms with E-state index in [1.165, 1.54) is 80.9 Å². The molecule has 3 aromatic carbocycles. The Bertz CT molecular complexity index is 1410. The second-order valence-corrected chi connectivity index (χ2v) is 14.7. The Balaban J connectivity index is 0.000000250. The molecule has 242 valence electrons. The van der Waals surface area contributed by atoms with Gasteiger partial charge in [-0.1, -0.05) is 123 Å². The van der Waals surface area contributed by atoms with E-state index in [1.807, 2.05) is 0 Å². The minimum atomic E-state index is -4.23. The Kier molecular flexibility index (Phi) is 13.4. The van der Waals surface area contributed by atoms with Gasteiger partial charge in [0.15, 0.2) is 0 Å². The topological polar surface area (TPSA) is 0 Å². The van der Waals surface area contributed by atoms with Crippen LogP contribution in [0.3, 0.4) is 0 Å². The molecule has 1 atom stereocenters. The number of halogens is 3. The number of rotatable bonds is 1. The van der Waals surface area contributed by atoms with Crippen LogP contribution in [0.15, 0.2) is 71.8 Å². The zero-order valence-electron chi connectivity index (χ0n) is 29.1. The van der Waals surface area contributed by atoms with Gasteiger partial charge in [0, 0.05) is 0 Å². The second-order valence-electron chi connectivity index (χ2n) is 14.7. The quantitative estimate of drug-likeness (QED) is 0.174. The Labute approximate surface area is 286 Å². The summed E-state index contributed by atoms with van der Waals surface area (Å²) in [4.78, 5) is 0. The Morgan fingerprint density at radius 1 is 0.778 bits per heavy atom. The van der Waals surface area contributed by atoms with Gasteiger partial charge < -0.3 is 0 Å². The molecule has 0 saturated carbocycles. The number of hydrogen-bond acceptors (Lipinski definition) is 0. The molecule has 0 fully saturated rings. The van der Waals surface area contributed by atoms with Gasteiger partial charge in [0.25, 0.3) is 0 Å². The van der Waals surface area contributed by atoms with Crippen molar-refractivity contribution in [1.82, 2.24) is 0 Å². The SMILES string of the molecule is CC(C)(C)c1[c-]c2c(cc1)-c1ccc(C(C)(C)C)cc1C2.CCC1=[C-]C(C)C=C1C(C)(C)C.FC(F)(F)c1cc[c-]cc1.[CH2]=[Zr]. The first kappa shape index (κ1) is 38.9. The average Bonchev–Trinajstić information content (AvgIpc) is 3.53. The number of alkyl halides is 3. The van der Waals surface area contributed by atoms with Gasteiger partial charge in [-0.05, 0) is 28.4 Å². The number of allylic oxidation sites excluding steroid dienone is 4. The van der Waals surface area contributed by atoms with Crippen molar-refractivity contribution < 1.29 is 37.4 Å². The third-order valence-corrected chi connectivity index (χ3v) is 7.81. The van der Waals surface area contributed by atoms with Crippen LogP contribution in [0.25, 0.3) is 11.1 Å². The zero-order valence-corrected chi connectivity index (χ0v) is 31.6. The van der Waals surface area contributed by atoms with E-state index in [2.05, 4.69) is 135 Å². The van der Waals surface area contributed by atoms with E-state index in [9.17, 15) is 13.2 Å². The van der Waals surface area contributed by atoms with Gasteiger partial charge in [-0.15, -0.1) is 11.1 Å². The van der Waals surface area contributed by atoms with Crippen LogP contribution in [-0.4, -0.2) is 4.21 Å². The van der Waals surface area contributed by atoms with E-state index in [0.29, 0.717) is 11.3 Å². The Morgan fingerprint density at radius 3 is 1.80 bits per heavy atom. The molecule has 0 aromatic heterocycles. The van der Waals surface area contributed by atoms with E-state index in [0.717, 1.165) is 25.0 Å². The van der Waals surface area contributed by atoms with Crippen molar-refractivity contribution in [3.63, 3.8) is 0 Å². The molecule has 0 aliphatic heterocycles. The first-order valence-electron chi connectivity index (χ1n) is 15.6. The van der Waals surface area contributed by atoms with Crippen molar-refractivity contribution in [1.29, 1.82) is 0 Å². The van der Waals surface area contributed by atoms with Crippen molar-refractivity contribution in [2.45, 2.75) is 106 Å². The molecule has 4 heteroatoms. The first-order valence-corrected chi connectivity index (χ1v) is 17.4. The number of fused-ring (bicyclic) bond motifs is 3. The first-order chi connectivity index (χ1) is 20.7. The second kappa shape index (κ2) is 15.5. The van der Waals surface area contributed by atoms with Gasteiger partial charge in [-0.2, -0.15) is 78.9 Å². The van der Waals surface area contributed by atoms with Gasteiger partial charge in [0.1, 0.15) is 0 Å². The molecule has 0 spiro atoms. The van der Waals surface area contributed by atoms with Gasteiger partial charge in [0.2, 0.25) is 0 Å². The number of hydrogen-bond donors (Lipinski definition) is 0. The summed E-state index contributed by atoms with van der Waals surface area (Å²) in [5.74, 6) is 0.522. The molecule has 0 nitrogen and oxygen atoms in total. The number of benzene rings is 3. The molecular formula is C41H50F3Zr-3. The predicted molar refractivity (Wildman–Crippen MR) is 182 cm³/mol. The van der Waals surface area contributed by atoms with Crippen LogP contribution in [0.4, 0.5) is 13.2 Å². The van der Waals surface area contributed by atoms with E-state index < -0.39 is 11.7 Å². The summed E-state index contributed by atoms with van der Waals surface area (Å²) < 4.78 is 38.7. The molecule has 1 unspecified atom stereocenters. The van der Waals surface area contributed by atoms with Gasteiger partial charge in [-0.25, -0.2) is 5.57 Å². The van der Waals surface area contributed by atoms with Crippen molar-refractivity contribution in [3.8, 4) is 11.1 Å². The summed E-state index contributed by atoms with van der Waals surface area (Å²) in [5.41, 5.74) is 11.3. The fourth-order valence-electron chi connectivity index (χ4n) is 5.34. The summed E-state index contributed by atoms with van der Waals surface area (Å²) >= 11 is 1.30. The van der Waals surface area contributed by atoms with E-state index in [-0.39, 0.29) is 10.8 Å². The van der Waals surface area contributed by atoms with Crippen molar-refractivity contribution in [2.24, 2.45) is 11.3 Å². The molecule has 45 heavy (non-hydrogen) atoms. The normalized spacial score (nSPS) is 15.5. The van der Waals surface area contributed by atoms with E-state index >= 15 is 0 Å². The van der Waals surface area contributed by atoms with E-state index in [4.69, 9.17) is 0 Å². The van der Waals surface area contributed by atoms with Crippen LogP contribution >= 0.6 is 0 Å². The van der Waals surface area contributed by atoms with Gasteiger partial charge >= 0.3 is 34.6 Å². The molecule has 0 heterocycles. The van der Waals surface area contributed by atoms with Crippen molar-refractivity contribution in [3.05, 3.63) is 118 Å². The Hall–Kier alpha value is -2.32. The van der Waals surface area contributed by atoms with Crippen LogP contribution in [0.5, 0.6) is 0 Å². The molecule has 2 aliphatic rings. The molecular weight excluding hydrogens is 641 g/mol. The third-order valence-electron chi connectivity index (χ3n) is 7.81. The molecule has 0 amide bonds. The maximum absolute atomic E-state index is 11.8. The molecule has 0 saturated heterocycles. The minimum absolute atomic E-state index is 0.167. The summed E-state index contributed by atoms with van der Waals surface area (Å²) in [6, 6.07) is 22.1. The summed E-state index contributed by atoms with van der Waals surface area (Å²) in [5, 5.41) is 0. The maximum atomic E-state index is 11.8. The van der Waals surface area contributed by atoms with Gasteiger partial charge in [-0.3, -0.25) is 6.08 Å². The van der Waals surface area contributed by atoms with E-state index in [1.54, 1.807) is 0 Å². The standard InChI is InChI=1S/C21H25.C12H19.C7H4F3.CH2.Zr/c1-20(2,3)16-7-9-18-14(12-16)11-15-13-17(21(4,5)6)8-10-19(15)18;1-6-10-7-9(2)8-11(10)12(3,4)5;8-7(9,10)6-4-2-1-3-5-6;;/h7-10,12H,11H2,1-6H3;8-9H,6H2,1-5H3;2-5H;1H2;/q3*-1;;.